The monoisotopic (exact) mass is 967 g/mol. The van der Waals surface area contributed by atoms with Gasteiger partial charge in [0, 0.05) is 58.9 Å². The number of esters is 1. The van der Waals surface area contributed by atoms with Crippen LogP contribution in [-0.4, -0.2) is 132 Å². The summed E-state index contributed by atoms with van der Waals surface area (Å²) in [6, 6.07) is 27.3. The predicted octanol–water partition coefficient (Wildman–Crippen LogP) is 9.19. The normalized spacial score (nSPS) is 16.3. The van der Waals surface area contributed by atoms with Crippen LogP contribution in [0.15, 0.2) is 91.5 Å². The lowest BCUT2D eigenvalue weighted by atomic mass is 10.1. The number of hydrogen-bond acceptors (Lipinski definition) is 15. The van der Waals surface area contributed by atoms with Crippen LogP contribution < -0.4 is 28.9 Å². The Morgan fingerprint density at radius 1 is 0.603 bits per heavy atom. The molecule has 0 saturated carbocycles. The van der Waals surface area contributed by atoms with E-state index in [-0.39, 0.29) is 6.61 Å². The van der Waals surface area contributed by atoms with Crippen LogP contribution in [0, 0.1) is 13.8 Å². The average molecular weight is 968 g/mol. The highest BCUT2D eigenvalue weighted by Gasteiger charge is 2.20. The number of carbonyl (C=O) groups excluding carboxylic acids is 1. The van der Waals surface area contributed by atoms with Crippen LogP contribution in [-0.2, 0) is 39.8 Å². The van der Waals surface area contributed by atoms with Crippen molar-refractivity contribution in [3.8, 4) is 27.0 Å². The molecule has 3 aliphatic rings. The van der Waals surface area contributed by atoms with Gasteiger partial charge in [-0.1, -0.05) is 30.9 Å². The number of nitrogens with zero attached hydrogens (tertiary/aromatic N) is 3. The second-order valence-electron chi connectivity index (χ2n) is 16.2. The van der Waals surface area contributed by atoms with Crippen molar-refractivity contribution in [1.29, 1.82) is 0 Å². The number of aryl methyl sites for hydroxylation is 2. The van der Waals surface area contributed by atoms with Crippen LogP contribution in [0.1, 0.15) is 26.4 Å². The molecule has 0 amide bonds. The number of ether oxygens (including phenoxy) is 9. The lowest BCUT2D eigenvalue weighted by molar-refractivity contribution is -0.138. The fourth-order valence-electron chi connectivity index (χ4n) is 7.72. The Balaban J connectivity index is 1.18. The topological polar surface area (TPSA) is 110 Å². The molecule has 0 atom stereocenters. The van der Waals surface area contributed by atoms with Crippen LogP contribution in [0.25, 0.3) is 21.9 Å². The maximum atomic E-state index is 11.6. The number of hydrogen-bond donors (Lipinski definition) is 0. The first-order chi connectivity index (χ1) is 33.4. The van der Waals surface area contributed by atoms with E-state index >= 15 is 0 Å². The fraction of sp³-hybridized carbons (Fsp3) is 0.415. The number of carbonyl (C=O) groups is 1. The molecule has 3 aromatic carbocycles. The summed E-state index contributed by atoms with van der Waals surface area (Å²) in [4.78, 5) is 22.8. The zero-order valence-electron chi connectivity index (χ0n) is 39.6. The molecule has 5 heterocycles. The van der Waals surface area contributed by atoms with Crippen molar-refractivity contribution in [2.24, 2.45) is 0 Å². The Labute approximate surface area is 409 Å². The fourth-order valence-corrected chi connectivity index (χ4v) is 9.64. The van der Waals surface area contributed by atoms with Gasteiger partial charge in [-0.2, -0.15) is 0 Å². The number of rotatable bonds is 11. The van der Waals surface area contributed by atoms with Gasteiger partial charge in [0.15, 0.2) is 0 Å². The van der Waals surface area contributed by atoms with Gasteiger partial charge in [-0.05, 0) is 97.3 Å². The maximum Gasteiger partial charge on any atom is 0.330 e. The molecule has 1 saturated heterocycles. The van der Waals surface area contributed by atoms with Crippen molar-refractivity contribution in [3.05, 3.63) is 118 Å². The van der Waals surface area contributed by atoms with E-state index in [1.54, 1.807) is 29.8 Å². The molecule has 13 nitrogen and oxygen atoms in total. The van der Waals surface area contributed by atoms with Gasteiger partial charge in [0.25, 0.3) is 0 Å². The summed E-state index contributed by atoms with van der Waals surface area (Å²) in [5, 5.41) is 0. The molecule has 1 fully saturated rings. The van der Waals surface area contributed by atoms with Gasteiger partial charge in [0.2, 0.25) is 0 Å². The van der Waals surface area contributed by atoms with Crippen LogP contribution in [0.3, 0.4) is 0 Å². The van der Waals surface area contributed by atoms with Crippen molar-refractivity contribution in [3.63, 3.8) is 0 Å². The molecule has 0 spiro atoms. The Morgan fingerprint density at radius 2 is 1.13 bits per heavy atom. The highest BCUT2D eigenvalue weighted by Crippen LogP contribution is 2.37. The minimum atomic E-state index is -0.429. The van der Waals surface area contributed by atoms with Gasteiger partial charge >= 0.3 is 5.97 Å². The molecule has 3 aliphatic heterocycles. The largest absolute Gasteiger partial charge is 0.490 e. The van der Waals surface area contributed by atoms with Crippen molar-refractivity contribution in [2.75, 3.05) is 140 Å². The van der Waals surface area contributed by atoms with Crippen molar-refractivity contribution < 1.29 is 47.4 Å². The maximum absolute atomic E-state index is 11.6. The minimum Gasteiger partial charge on any atom is -0.490 e. The molecule has 0 radical (unpaired) electrons. The predicted molar refractivity (Wildman–Crippen MR) is 274 cm³/mol. The molecule has 0 unspecified atom stereocenters. The summed E-state index contributed by atoms with van der Waals surface area (Å²) in [7, 11) is 1.68. The highest BCUT2D eigenvalue weighted by molar-refractivity contribution is 7.22. The van der Waals surface area contributed by atoms with Gasteiger partial charge in [0.1, 0.15) is 43.7 Å². The lowest BCUT2D eigenvalue weighted by Crippen LogP contribution is -2.34. The van der Waals surface area contributed by atoms with E-state index in [4.69, 9.17) is 42.6 Å². The zero-order valence-corrected chi connectivity index (χ0v) is 41.3. The van der Waals surface area contributed by atoms with Crippen LogP contribution in [0.5, 0.6) is 17.2 Å². The summed E-state index contributed by atoms with van der Waals surface area (Å²) in [6.45, 7) is 17.4. The molecule has 0 aliphatic carbocycles. The molecule has 0 N–H and O–H groups in total. The van der Waals surface area contributed by atoms with E-state index < -0.39 is 5.97 Å². The van der Waals surface area contributed by atoms with E-state index in [1.165, 1.54) is 6.08 Å². The molecule has 364 valence electrons. The molecule has 68 heavy (non-hydrogen) atoms. The van der Waals surface area contributed by atoms with Gasteiger partial charge in [0.05, 0.1) is 89.6 Å². The Bertz CT molecular complexity index is 2280. The Hall–Kier alpha value is -5.39. The summed E-state index contributed by atoms with van der Waals surface area (Å²) in [5.74, 6) is 1.91. The second kappa shape index (κ2) is 27.0. The quantitative estimate of drug-likeness (QED) is 0.0544. The first-order valence-corrected chi connectivity index (χ1v) is 24.9. The molecule has 8 rings (SSSR count). The first kappa shape index (κ1) is 50.5. The van der Waals surface area contributed by atoms with Gasteiger partial charge in [-0.25, -0.2) is 4.79 Å². The van der Waals surface area contributed by atoms with E-state index in [1.807, 2.05) is 6.07 Å². The smallest absolute Gasteiger partial charge is 0.330 e. The molecular weight excluding hydrogens is 903 g/mol. The summed E-state index contributed by atoms with van der Waals surface area (Å²) >= 11 is 3.32. The van der Waals surface area contributed by atoms with Crippen molar-refractivity contribution in [2.45, 2.75) is 20.5 Å². The SMILES string of the molecule is C=CC(=O)OCc1ccc(-c2ccc(/C=C/c3ccc(N4CCOc5cc(C)ccc5N5CCOCCOCCN(CCOCCOCC5)c5ccc(C)cc5OCC4)c(OCCOC)c3)s2)s1. The molecule has 5 aromatic rings. The van der Waals surface area contributed by atoms with Gasteiger partial charge < -0.3 is 57.3 Å². The van der Waals surface area contributed by atoms with Crippen LogP contribution in [0.2, 0.25) is 0 Å². The summed E-state index contributed by atoms with van der Waals surface area (Å²) in [6.07, 6.45) is 5.41. The Morgan fingerprint density at radius 3 is 1.71 bits per heavy atom. The lowest BCUT2D eigenvalue weighted by Gasteiger charge is -2.30. The Kier molecular flexibility index (Phi) is 20.0. The van der Waals surface area contributed by atoms with E-state index in [2.05, 4.69) is 120 Å². The third-order valence-corrected chi connectivity index (χ3v) is 13.6. The van der Waals surface area contributed by atoms with Gasteiger partial charge in [-0.15, -0.1) is 22.7 Å². The van der Waals surface area contributed by atoms with Crippen molar-refractivity contribution >= 4 is 57.9 Å². The standard InChI is InChI=1S/C53H65N3O10S2/c1-5-53(57)66-39-44-12-17-52(68-44)51-16-11-43(67-51)10-8-42-9-15-47(50(38-42)65-35-30-58-4)56-22-28-63-48-36-40(2)6-13-45(48)54-18-24-59-31-33-61-26-20-55(21-27-62-34-32-60-25-19-54)46-14-7-41(3)37-49(46)64-29-23-56/h5-17,36-38H,1,18-35,39H2,2-4H3/b10-8+. The molecule has 15 heteroatoms. The van der Waals surface area contributed by atoms with Crippen LogP contribution in [0.4, 0.5) is 17.1 Å². The van der Waals surface area contributed by atoms with Crippen LogP contribution >= 0.6 is 22.7 Å². The number of fused-ring (bicyclic) bond motifs is 20. The summed E-state index contributed by atoms with van der Waals surface area (Å²) in [5.41, 5.74) is 6.11. The molecule has 2 aromatic heterocycles. The third kappa shape index (κ3) is 15.3. The highest BCUT2D eigenvalue weighted by atomic mass is 32.1. The summed E-state index contributed by atoms with van der Waals surface area (Å²) < 4.78 is 55.1. The number of benzene rings is 3. The van der Waals surface area contributed by atoms with Gasteiger partial charge in [-0.3, -0.25) is 0 Å². The minimum absolute atomic E-state index is 0.230. The average Bonchev–Trinajstić information content (AvgIpc) is 4.03. The van der Waals surface area contributed by atoms with E-state index in [0.717, 1.165) is 70.5 Å². The number of anilines is 3. The molecular formula is C53H65N3O10S2. The second-order valence-corrected chi connectivity index (χ2v) is 18.5. The number of methoxy groups -OCH3 is 1. The van der Waals surface area contributed by atoms with E-state index in [9.17, 15) is 4.79 Å². The van der Waals surface area contributed by atoms with E-state index in [0.29, 0.717) is 119 Å². The molecule has 2 bridgehead atoms. The zero-order chi connectivity index (χ0) is 47.3. The third-order valence-electron chi connectivity index (χ3n) is 11.3. The van der Waals surface area contributed by atoms with Crippen molar-refractivity contribution in [1.82, 2.24) is 0 Å². The first-order valence-electron chi connectivity index (χ1n) is 23.3. The number of thiophene rings is 2.